The second-order valence-corrected chi connectivity index (χ2v) is 8.09. The molecule has 0 atom stereocenters. The van der Waals surface area contributed by atoms with Gasteiger partial charge in [0.2, 0.25) is 5.91 Å². The average Bonchev–Trinajstić information content (AvgIpc) is 3.31. The number of esters is 1. The van der Waals surface area contributed by atoms with Gasteiger partial charge >= 0.3 is 5.97 Å². The second kappa shape index (κ2) is 8.93. The van der Waals surface area contributed by atoms with Crippen molar-refractivity contribution in [2.24, 2.45) is 0 Å². The van der Waals surface area contributed by atoms with E-state index in [2.05, 4.69) is 15.5 Å². The molecule has 0 saturated carbocycles. The predicted molar refractivity (Wildman–Crippen MR) is 105 cm³/mol. The van der Waals surface area contributed by atoms with E-state index in [9.17, 15) is 9.59 Å². The zero-order valence-corrected chi connectivity index (χ0v) is 16.2. The van der Waals surface area contributed by atoms with Crippen molar-refractivity contribution in [2.75, 3.05) is 17.7 Å². The molecule has 2 aromatic heterocycles. The zero-order chi connectivity index (χ0) is 18.4. The lowest BCUT2D eigenvalue weighted by Crippen LogP contribution is -2.16. The molecule has 0 aliphatic carbocycles. The van der Waals surface area contributed by atoms with Gasteiger partial charge in [-0.2, -0.15) is 0 Å². The highest BCUT2D eigenvalue weighted by Crippen LogP contribution is 2.35. The number of anilines is 1. The molecule has 0 saturated heterocycles. The molecule has 6 nitrogen and oxygen atoms in total. The standard InChI is InChI=1S/C17H15N3O3S3/c1-2-23-16(22)15-12(8-13(26-15)11-6-4-3-5-7-11)19-14(21)9-24-17-20-18-10-25-17/h3-8,10H,2,9H2,1H3,(H,19,21). The highest BCUT2D eigenvalue weighted by Gasteiger charge is 2.20. The van der Waals surface area contributed by atoms with Crippen LogP contribution in [-0.4, -0.2) is 34.4 Å². The van der Waals surface area contributed by atoms with Crippen LogP contribution in [0.1, 0.15) is 16.6 Å². The maximum Gasteiger partial charge on any atom is 0.350 e. The monoisotopic (exact) mass is 405 g/mol. The third kappa shape index (κ3) is 4.69. The first-order valence-electron chi connectivity index (χ1n) is 7.72. The van der Waals surface area contributed by atoms with Crippen LogP contribution in [-0.2, 0) is 9.53 Å². The minimum absolute atomic E-state index is 0.188. The number of rotatable bonds is 7. The van der Waals surface area contributed by atoms with E-state index in [1.54, 1.807) is 18.5 Å². The molecule has 0 radical (unpaired) electrons. The Kier molecular flexibility index (Phi) is 6.37. The van der Waals surface area contributed by atoms with Crippen molar-refractivity contribution < 1.29 is 14.3 Å². The number of benzene rings is 1. The quantitative estimate of drug-likeness (QED) is 0.469. The van der Waals surface area contributed by atoms with Gasteiger partial charge in [-0.3, -0.25) is 4.79 Å². The van der Waals surface area contributed by atoms with E-state index < -0.39 is 5.97 Å². The Hall–Kier alpha value is -2.23. The van der Waals surface area contributed by atoms with Gasteiger partial charge in [0.25, 0.3) is 0 Å². The van der Waals surface area contributed by atoms with Crippen molar-refractivity contribution in [2.45, 2.75) is 11.3 Å². The van der Waals surface area contributed by atoms with Gasteiger partial charge in [0, 0.05) is 4.88 Å². The number of thiophene rings is 1. The highest BCUT2D eigenvalue weighted by atomic mass is 32.2. The van der Waals surface area contributed by atoms with Gasteiger partial charge in [0.15, 0.2) is 4.34 Å². The zero-order valence-electron chi connectivity index (χ0n) is 13.8. The van der Waals surface area contributed by atoms with Gasteiger partial charge < -0.3 is 10.1 Å². The van der Waals surface area contributed by atoms with Crippen LogP contribution in [0.15, 0.2) is 46.2 Å². The molecule has 0 bridgehead atoms. The average molecular weight is 406 g/mol. The van der Waals surface area contributed by atoms with Crippen molar-refractivity contribution in [1.82, 2.24) is 10.2 Å². The summed E-state index contributed by atoms with van der Waals surface area (Å²) in [6.45, 7) is 2.03. The lowest BCUT2D eigenvalue weighted by Gasteiger charge is -2.05. The number of carbonyl (C=O) groups excluding carboxylic acids is 2. The molecule has 3 aromatic rings. The van der Waals surface area contributed by atoms with Crippen molar-refractivity contribution in [1.29, 1.82) is 0 Å². The van der Waals surface area contributed by atoms with Gasteiger partial charge in [-0.1, -0.05) is 53.4 Å². The van der Waals surface area contributed by atoms with Crippen LogP contribution in [0.4, 0.5) is 5.69 Å². The third-order valence-electron chi connectivity index (χ3n) is 3.19. The van der Waals surface area contributed by atoms with Crippen molar-refractivity contribution >= 4 is 52.0 Å². The van der Waals surface area contributed by atoms with E-state index in [0.717, 1.165) is 14.8 Å². The molecule has 3 rings (SSSR count). The smallest absolute Gasteiger partial charge is 0.350 e. The summed E-state index contributed by atoms with van der Waals surface area (Å²) in [5, 5.41) is 10.4. The first-order valence-corrected chi connectivity index (χ1v) is 10.4. The van der Waals surface area contributed by atoms with Crippen LogP contribution in [0.3, 0.4) is 0 Å². The molecule has 0 aliphatic rings. The first kappa shape index (κ1) is 18.6. The summed E-state index contributed by atoms with van der Waals surface area (Å²) in [7, 11) is 0. The van der Waals surface area contributed by atoms with E-state index in [-0.39, 0.29) is 18.3 Å². The Labute approximate surface area is 162 Å². The molecule has 9 heteroatoms. The highest BCUT2D eigenvalue weighted by molar-refractivity contribution is 8.01. The number of carbonyl (C=O) groups is 2. The fourth-order valence-corrected chi connectivity index (χ4v) is 4.42. The topological polar surface area (TPSA) is 81.2 Å². The molecule has 0 spiro atoms. The first-order chi connectivity index (χ1) is 12.7. The largest absolute Gasteiger partial charge is 0.462 e. The van der Waals surface area contributed by atoms with Crippen LogP contribution < -0.4 is 5.32 Å². The number of nitrogens with one attached hydrogen (secondary N) is 1. The molecule has 0 unspecified atom stereocenters. The molecule has 1 aromatic carbocycles. The van der Waals surface area contributed by atoms with Gasteiger partial charge in [0.05, 0.1) is 18.0 Å². The van der Waals surface area contributed by atoms with Gasteiger partial charge in [0.1, 0.15) is 10.4 Å². The number of aromatic nitrogens is 2. The van der Waals surface area contributed by atoms with Crippen LogP contribution in [0.2, 0.25) is 0 Å². The number of hydrogen-bond donors (Lipinski definition) is 1. The number of ether oxygens (including phenoxy) is 1. The minimum atomic E-state index is -0.438. The Bertz CT molecular complexity index is 879. The lowest BCUT2D eigenvalue weighted by molar-refractivity contribution is -0.113. The number of amides is 1. The molecule has 1 amide bonds. The second-order valence-electron chi connectivity index (χ2n) is 4.98. The van der Waals surface area contributed by atoms with Crippen LogP contribution in [0.5, 0.6) is 0 Å². The summed E-state index contributed by atoms with van der Waals surface area (Å²) < 4.78 is 5.84. The SMILES string of the molecule is CCOC(=O)c1sc(-c2ccccc2)cc1NC(=O)CSc1nncs1. The molecule has 0 fully saturated rings. The van der Waals surface area contributed by atoms with E-state index in [0.29, 0.717) is 10.6 Å². The lowest BCUT2D eigenvalue weighted by atomic mass is 10.2. The summed E-state index contributed by atoms with van der Waals surface area (Å²) >= 11 is 3.98. The van der Waals surface area contributed by atoms with Crippen molar-refractivity contribution in [3.8, 4) is 10.4 Å². The minimum Gasteiger partial charge on any atom is -0.462 e. The van der Waals surface area contributed by atoms with E-state index in [4.69, 9.17) is 4.74 Å². The van der Waals surface area contributed by atoms with Crippen molar-refractivity contribution in [3.63, 3.8) is 0 Å². The summed E-state index contributed by atoms with van der Waals surface area (Å²) in [5.74, 6) is -0.464. The van der Waals surface area contributed by atoms with E-state index in [1.807, 2.05) is 30.3 Å². The number of nitrogens with zero attached hydrogens (tertiary/aromatic N) is 2. The Morgan fingerprint density at radius 2 is 2.08 bits per heavy atom. The van der Waals surface area contributed by atoms with Gasteiger partial charge in [-0.15, -0.1) is 21.5 Å². The van der Waals surface area contributed by atoms with Crippen LogP contribution >= 0.6 is 34.4 Å². The fraction of sp³-hybridized carbons (Fsp3) is 0.176. The Balaban J connectivity index is 1.78. The third-order valence-corrected chi connectivity index (χ3v) is 6.22. The van der Waals surface area contributed by atoms with Crippen molar-refractivity contribution in [3.05, 3.63) is 46.8 Å². The fourth-order valence-electron chi connectivity index (χ4n) is 2.12. The number of hydrogen-bond acceptors (Lipinski definition) is 8. The van der Waals surface area contributed by atoms with E-state index in [1.165, 1.54) is 34.4 Å². The molecule has 0 aliphatic heterocycles. The normalized spacial score (nSPS) is 10.5. The maximum absolute atomic E-state index is 12.3. The molecule has 134 valence electrons. The summed E-state index contributed by atoms with van der Waals surface area (Å²) in [6.07, 6.45) is 0. The van der Waals surface area contributed by atoms with Crippen LogP contribution in [0, 0.1) is 0 Å². The Morgan fingerprint density at radius 1 is 1.27 bits per heavy atom. The van der Waals surface area contributed by atoms with E-state index >= 15 is 0 Å². The molecular formula is C17H15N3O3S3. The van der Waals surface area contributed by atoms with Gasteiger partial charge in [-0.05, 0) is 18.6 Å². The number of thioether (sulfide) groups is 1. The molecule has 1 N–H and O–H groups in total. The molecule has 26 heavy (non-hydrogen) atoms. The van der Waals surface area contributed by atoms with Gasteiger partial charge in [-0.25, -0.2) is 4.79 Å². The molecule has 2 heterocycles. The summed E-state index contributed by atoms with van der Waals surface area (Å²) in [6, 6.07) is 11.5. The summed E-state index contributed by atoms with van der Waals surface area (Å²) in [5.41, 5.74) is 3.06. The molecular weight excluding hydrogens is 390 g/mol. The Morgan fingerprint density at radius 3 is 2.77 bits per heavy atom. The van der Waals surface area contributed by atoms with Crippen LogP contribution in [0.25, 0.3) is 10.4 Å². The summed E-state index contributed by atoms with van der Waals surface area (Å²) in [4.78, 5) is 25.8. The maximum atomic E-state index is 12.3. The predicted octanol–water partition coefficient (Wildman–Crippen LogP) is 4.17.